The van der Waals surface area contributed by atoms with Crippen LogP contribution in [-0.4, -0.2) is 26.9 Å². The molecule has 3 rings (SSSR count). The van der Waals surface area contributed by atoms with E-state index in [4.69, 9.17) is 0 Å². The normalized spacial score (nSPS) is 16.8. The van der Waals surface area contributed by atoms with Crippen molar-refractivity contribution >= 4 is 17.4 Å². The number of amides is 1. The van der Waals surface area contributed by atoms with Gasteiger partial charge in [0.15, 0.2) is 0 Å². The van der Waals surface area contributed by atoms with E-state index < -0.39 is 11.5 Å². The molecule has 2 N–H and O–H groups in total. The summed E-state index contributed by atoms with van der Waals surface area (Å²) in [6.07, 6.45) is 5.40. The Hall–Kier alpha value is -2.30. The maximum Gasteiger partial charge on any atom is 0.329 e. The van der Waals surface area contributed by atoms with Gasteiger partial charge in [-0.05, 0) is 37.5 Å². The highest BCUT2D eigenvalue weighted by molar-refractivity contribution is 5.99. The van der Waals surface area contributed by atoms with E-state index in [1.54, 1.807) is 12.3 Å². The van der Waals surface area contributed by atoms with Gasteiger partial charge in [-0.25, -0.2) is 4.79 Å². The number of fused-ring (bicyclic) bond motifs is 1. The Morgan fingerprint density at radius 2 is 2.11 bits per heavy atom. The lowest BCUT2D eigenvalue weighted by Gasteiger charge is -2.38. The number of nitrogens with one attached hydrogen (secondary N) is 1. The fourth-order valence-corrected chi connectivity index (χ4v) is 2.39. The van der Waals surface area contributed by atoms with Gasteiger partial charge in [-0.2, -0.15) is 0 Å². The van der Waals surface area contributed by atoms with Crippen LogP contribution in [-0.2, 0) is 4.79 Å². The van der Waals surface area contributed by atoms with Crippen LogP contribution in [0.3, 0.4) is 0 Å². The van der Waals surface area contributed by atoms with Crippen LogP contribution >= 0.6 is 0 Å². The second-order valence-electron chi connectivity index (χ2n) is 4.96. The maximum atomic E-state index is 12.1. The Labute approximate surface area is 109 Å². The summed E-state index contributed by atoms with van der Waals surface area (Å²) >= 11 is 0. The van der Waals surface area contributed by atoms with Crippen molar-refractivity contribution in [3.05, 3.63) is 42.2 Å². The highest BCUT2D eigenvalue weighted by Crippen LogP contribution is 2.32. The lowest BCUT2D eigenvalue weighted by Crippen LogP contribution is -2.59. The average molecular weight is 258 g/mol. The van der Waals surface area contributed by atoms with Crippen LogP contribution in [0.1, 0.15) is 29.6 Å². The Bertz CT molecular complexity index is 623. The highest BCUT2D eigenvalue weighted by Gasteiger charge is 2.45. The molecule has 19 heavy (non-hydrogen) atoms. The third-order valence-corrected chi connectivity index (χ3v) is 3.74. The molecule has 1 saturated carbocycles. The number of pyridine rings is 1. The zero-order valence-corrected chi connectivity index (χ0v) is 10.3. The van der Waals surface area contributed by atoms with Gasteiger partial charge < -0.3 is 14.8 Å². The number of carbonyl (C=O) groups is 2. The lowest BCUT2D eigenvalue weighted by atomic mass is 9.76. The van der Waals surface area contributed by atoms with E-state index in [9.17, 15) is 14.7 Å². The molecule has 1 fully saturated rings. The van der Waals surface area contributed by atoms with E-state index >= 15 is 0 Å². The molecular weight excluding hydrogens is 244 g/mol. The van der Waals surface area contributed by atoms with Gasteiger partial charge in [0, 0.05) is 17.9 Å². The van der Waals surface area contributed by atoms with Gasteiger partial charge in [0.2, 0.25) is 0 Å². The second kappa shape index (κ2) is 4.12. The van der Waals surface area contributed by atoms with Crippen molar-refractivity contribution in [2.75, 3.05) is 0 Å². The third kappa shape index (κ3) is 1.87. The van der Waals surface area contributed by atoms with Crippen molar-refractivity contribution in [2.24, 2.45) is 0 Å². The summed E-state index contributed by atoms with van der Waals surface area (Å²) in [5.41, 5.74) is 0.329. The zero-order valence-electron chi connectivity index (χ0n) is 10.3. The first-order valence-electron chi connectivity index (χ1n) is 6.23. The maximum absolute atomic E-state index is 12.1. The highest BCUT2D eigenvalue weighted by atomic mass is 16.4. The van der Waals surface area contributed by atoms with E-state index in [2.05, 4.69) is 5.32 Å². The molecule has 5 nitrogen and oxygen atoms in total. The largest absolute Gasteiger partial charge is 0.480 e. The number of aromatic nitrogens is 1. The molecule has 1 aliphatic rings. The molecule has 0 spiro atoms. The minimum Gasteiger partial charge on any atom is -0.480 e. The lowest BCUT2D eigenvalue weighted by molar-refractivity contribution is -0.148. The summed E-state index contributed by atoms with van der Waals surface area (Å²) in [5.74, 6) is -1.28. The zero-order chi connectivity index (χ0) is 13.5. The van der Waals surface area contributed by atoms with E-state index in [0.717, 1.165) is 11.9 Å². The Morgan fingerprint density at radius 3 is 2.68 bits per heavy atom. The van der Waals surface area contributed by atoms with Gasteiger partial charge in [-0.3, -0.25) is 4.79 Å². The summed E-state index contributed by atoms with van der Waals surface area (Å²) in [6, 6.07) is 7.41. The second-order valence-corrected chi connectivity index (χ2v) is 4.96. The molecule has 2 aromatic rings. The van der Waals surface area contributed by atoms with Crippen LogP contribution in [0.25, 0.3) is 5.52 Å². The topological polar surface area (TPSA) is 70.8 Å². The summed E-state index contributed by atoms with van der Waals surface area (Å²) in [4.78, 5) is 23.4. The van der Waals surface area contributed by atoms with Crippen LogP contribution in [0.2, 0.25) is 0 Å². The van der Waals surface area contributed by atoms with E-state index in [0.29, 0.717) is 18.4 Å². The van der Waals surface area contributed by atoms with Crippen molar-refractivity contribution < 1.29 is 14.7 Å². The fraction of sp³-hybridized carbons (Fsp3) is 0.286. The van der Waals surface area contributed by atoms with Gasteiger partial charge in [-0.1, -0.05) is 6.07 Å². The van der Waals surface area contributed by atoms with Crippen LogP contribution in [0.15, 0.2) is 36.7 Å². The van der Waals surface area contributed by atoms with Gasteiger partial charge >= 0.3 is 5.97 Å². The molecular formula is C14H14N2O3. The first-order chi connectivity index (χ1) is 9.11. The Balaban J connectivity index is 1.86. The SMILES string of the molecule is O=C(NC1(C(=O)O)CCC1)c1cc2ccccn2c1. The number of carboxylic acids is 1. The molecule has 0 unspecified atom stereocenters. The van der Waals surface area contributed by atoms with Crippen LogP contribution < -0.4 is 5.32 Å². The number of hydrogen-bond acceptors (Lipinski definition) is 2. The summed E-state index contributed by atoms with van der Waals surface area (Å²) in [5, 5.41) is 11.9. The molecule has 1 amide bonds. The van der Waals surface area contributed by atoms with E-state index in [1.807, 2.05) is 28.8 Å². The first kappa shape index (κ1) is 11.8. The van der Waals surface area contributed by atoms with Gasteiger partial charge in [0.25, 0.3) is 5.91 Å². The average Bonchev–Trinajstić information content (AvgIpc) is 2.76. The molecule has 1 aliphatic carbocycles. The molecule has 0 saturated heterocycles. The number of hydrogen-bond donors (Lipinski definition) is 2. The summed E-state index contributed by atoms with van der Waals surface area (Å²) in [7, 11) is 0. The first-order valence-corrected chi connectivity index (χ1v) is 6.23. The minimum atomic E-state index is -1.06. The number of nitrogens with zero attached hydrogens (tertiary/aromatic N) is 1. The van der Waals surface area contributed by atoms with Crippen LogP contribution in [0, 0.1) is 0 Å². The van der Waals surface area contributed by atoms with Gasteiger partial charge in [0.05, 0.1) is 5.56 Å². The smallest absolute Gasteiger partial charge is 0.329 e. The van der Waals surface area contributed by atoms with Crippen molar-refractivity contribution in [1.29, 1.82) is 0 Å². The monoisotopic (exact) mass is 258 g/mol. The number of rotatable bonds is 3. The minimum absolute atomic E-state index is 0.328. The standard InChI is InChI=1S/C14H14N2O3/c17-12(15-14(13(18)19)5-3-6-14)10-8-11-4-1-2-7-16(11)9-10/h1-2,4,7-9H,3,5-6H2,(H,15,17)(H,18,19). The molecule has 0 aromatic carbocycles. The predicted octanol–water partition coefficient (Wildman–Crippen LogP) is 1.68. The molecule has 0 aliphatic heterocycles. The predicted molar refractivity (Wildman–Crippen MR) is 69.1 cm³/mol. The summed E-state index contributed by atoms with van der Waals surface area (Å²) < 4.78 is 1.84. The number of aliphatic carboxylic acids is 1. The molecule has 2 heterocycles. The number of carboxylic acid groups (broad SMARTS) is 1. The van der Waals surface area contributed by atoms with E-state index in [1.165, 1.54) is 0 Å². The quantitative estimate of drug-likeness (QED) is 0.879. The van der Waals surface area contributed by atoms with Crippen molar-refractivity contribution in [1.82, 2.24) is 9.72 Å². The van der Waals surface area contributed by atoms with Crippen molar-refractivity contribution in [3.8, 4) is 0 Å². The summed E-state index contributed by atoms with van der Waals surface area (Å²) in [6.45, 7) is 0. The van der Waals surface area contributed by atoms with Crippen LogP contribution in [0.4, 0.5) is 0 Å². The van der Waals surface area contributed by atoms with Gasteiger partial charge in [-0.15, -0.1) is 0 Å². The molecule has 0 atom stereocenters. The molecule has 2 aromatic heterocycles. The van der Waals surface area contributed by atoms with Crippen molar-refractivity contribution in [3.63, 3.8) is 0 Å². The fourth-order valence-electron chi connectivity index (χ4n) is 2.39. The Morgan fingerprint density at radius 1 is 1.32 bits per heavy atom. The molecule has 98 valence electrons. The van der Waals surface area contributed by atoms with Crippen LogP contribution in [0.5, 0.6) is 0 Å². The third-order valence-electron chi connectivity index (χ3n) is 3.74. The van der Waals surface area contributed by atoms with Crippen molar-refractivity contribution in [2.45, 2.75) is 24.8 Å². The molecule has 0 radical (unpaired) electrons. The molecule has 5 heteroatoms. The number of carbonyl (C=O) groups excluding carboxylic acids is 1. The van der Waals surface area contributed by atoms with E-state index in [-0.39, 0.29) is 5.91 Å². The molecule has 0 bridgehead atoms. The van der Waals surface area contributed by atoms with Gasteiger partial charge in [0.1, 0.15) is 5.54 Å². The Kier molecular flexibility index (Phi) is 2.55.